The van der Waals surface area contributed by atoms with Crippen LogP contribution in [0.2, 0.25) is 0 Å². The van der Waals surface area contributed by atoms with Crippen LogP contribution in [0, 0.1) is 0 Å². The Hall–Kier alpha value is -1.15. The fourth-order valence-corrected chi connectivity index (χ4v) is 2.00. The largest absolute Gasteiger partial charge is 0.330 e. The number of nitrogens with two attached hydrogens (primary N) is 1. The molecule has 0 unspecified atom stereocenters. The monoisotopic (exact) mass is 219 g/mol. The first kappa shape index (κ1) is 12.9. The zero-order chi connectivity index (χ0) is 12.0. The number of ketones is 1. The fraction of sp³-hybridized carbons (Fsp3) is 0.500. The number of benzene rings is 1. The molecule has 16 heavy (non-hydrogen) atoms. The summed E-state index contributed by atoms with van der Waals surface area (Å²) in [4.78, 5) is 11.7. The molecule has 0 amide bonds. The molecule has 0 aliphatic carbocycles. The van der Waals surface area contributed by atoms with Gasteiger partial charge in [-0.25, -0.2) is 0 Å². The van der Waals surface area contributed by atoms with E-state index in [4.69, 9.17) is 5.73 Å². The van der Waals surface area contributed by atoms with Crippen molar-refractivity contribution in [2.24, 2.45) is 5.73 Å². The maximum atomic E-state index is 11.7. The van der Waals surface area contributed by atoms with Crippen molar-refractivity contribution in [1.82, 2.24) is 0 Å². The van der Waals surface area contributed by atoms with Crippen molar-refractivity contribution in [1.29, 1.82) is 0 Å². The van der Waals surface area contributed by atoms with Gasteiger partial charge in [0, 0.05) is 12.0 Å². The number of carbonyl (C=O) groups excluding carboxylic acids is 1. The fourth-order valence-electron chi connectivity index (χ4n) is 2.00. The van der Waals surface area contributed by atoms with E-state index in [0.29, 0.717) is 18.9 Å². The minimum absolute atomic E-state index is 0.148. The van der Waals surface area contributed by atoms with Gasteiger partial charge in [-0.3, -0.25) is 4.79 Å². The molecule has 0 saturated carbocycles. The second-order valence-electron chi connectivity index (χ2n) is 4.10. The Kier molecular flexibility index (Phi) is 5.20. The molecule has 1 rings (SSSR count). The van der Waals surface area contributed by atoms with E-state index >= 15 is 0 Å². The van der Waals surface area contributed by atoms with Crippen molar-refractivity contribution in [3.05, 3.63) is 35.4 Å². The standard InChI is InChI=1S/C14H21NO/c1-3-11(4-2)12-6-5-7-13(10-12)14(16)8-9-15/h5-7,10-11H,3-4,8-9,15H2,1-2H3. The number of hydrogen-bond acceptors (Lipinski definition) is 2. The smallest absolute Gasteiger partial charge is 0.164 e. The third kappa shape index (κ3) is 3.17. The molecule has 2 heteroatoms. The molecule has 0 atom stereocenters. The Bertz CT molecular complexity index is 342. The van der Waals surface area contributed by atoms with Crippen LogP contribution >= 0.6 is 0 Å². The molecule has 1 aromatic carbocycles. The average molecular weight is 219 g/mol. The van der Waals surface area contributed by atoms with E-state index in [2.05, 4.69) is 19.9 Å². The van der Waals surface area contributed by atoms with Gasteiger partial charge in [0.25, 0.3) is 0 Å². The van der Waals surface area contributed by atoms with Gasteiger partial charge in [0.05, 0.1) is 0 Å². The number of hydrogen-bond donors (Lipinski definition) is 1. The van der Waals surface area contributed by atoms with Crippen LogP contribution in [0.1, 0.15) is 54.9 Å². The topological polar surface area (TPSA) is 43.1 Å². The molecule has 88 valence electrons. The molecule has 0 aliphatic rings. The zero-order valence-electron chi connectivity index (χ0n) is 10.2. The SMILES string of the molecule is CCC(CC)c1cccc(C(=O)CCN)c1. The summed E-state index contributed by atoms with van der Waals surface area (Å²) in [6, 6.07) is 7.98. The molecule has 2 nitrogen and oxygen atoms in total. The first-order chi connectivity index (χ1) is 7.72. The minimum atomic E-state index is 0.148. The van der Waals surface area contributed by atoms with Gasteiger partial charge in [-0.1, -0.05) is 32.0 Å². The molecule has 1 aromatic rings. The van der Waals surface area contributed by atoms with Gasteiger partial charge in [0.2, 0.25) is 0 Å². The Morgan fingerprint density at radius 1 is 1.31 bits per heavy atom. The van der Waals surface area contributed by atoms with Crippen molar-refractivity contribution in [3.8, 4) is 0 Å². The van der Waals surface area contributed by atoms with Crippen LogP contribution in [-0.2, 0) is 0 Å². The van der Waals surface area contributed by atoms with Crippen LogP contribution in [0.3, 0.4) is 0 Å². The molecule has 0 aliphatic heterocycles. The highest BCUT2D eigenvalue weighted by atomic mass is 16.1. The second kappa shape index (κ2) is 6.44. The average Bonchev–Trinajstić information content (AvgIpc) is 2.31. The minimum Gasteiger partial charge on any atom is -0.330 e. The van der Waals surface area contributed by atoms with Crippen LogP contribution in [0.4, 0.5) is 0 Å². The van der Waals surface area contributed by atoms with Gasteiger partial charge in [-0.2, -0.15) is 0 Å². The summed E-state index contributed by atoms with van der Waals surface area (Å²) in [7, 11) is 0. The van der Waals surface area contributed by atoms with Gasteiger partial charge in [-0.05, 0) is 36.9 Å². The van der Waals surface area contributed by atoms with Crippen LogP contribution in [0.15, 0.2) is 24.3 Å². The number of rotatable bonds is 6. The van der Waals surface area contributed by atoms with E-state index in [1.807, 2.05) is 18.2 Å². The molecule has 0 spiro atoms. The summed E-state index contributed by atoms with van der Waals surface area (Å²) < 4.78 is 0. The molecular formula is C14H21NO. The van der Waals surface area contributed by atoms with Crippen LogP contribution in [0.5, 0.6) is 0 Å². The molecule has 0 radical (unpaired) electrons. The van der Waals surface area contributed by atoms with Crippen LogP contribution in [0.25, 0.3) is 0 Å². The molecule has 0 fully saturated rings. The van der Waals surface area contributed by atoms with E-state index in [-0.39, 0.29) is 5.78 Å². The van der Waals surface area contributed by atoms with E-state index in [0.717, 1.165) is 18.4 Å². The lowest BCUT2D eigenvalue weighted by molar-refractivity contribution is 0.0985. The lowest BCUT2D eigenvalue weighted by Gasteiger charge is -2.13. The Morgan fingerprint density at radius 3 is 2.56 bits per heavy atom. The quantitative estimate of drug-likeness (QED) is 0.747. The van der Waals surface area contributed by atoms with E-state index in [1.165, 1.54) is 5.56 Å². The number of carbonyl (C=O) groups is 1. The molecule has 2 N–H and O–H groups in total. The summed E-state index contributed by atoms with van der Waals surface area (Å²) in [5, 5.41) is 0. The number of Topliss-reactive ketones (excluding diaryl/α,β-unsaturated/α-hetero) is 1. The predicted octanol–water partition coefficient (Wildman–Crippen LogP) is 3.12. The van der Waals surface area contributed by atoms with E-state index in [9.17, 15) is 4.79 Å². The van der Waals surface area contributed by atoms with Crippen LogP contribution in [-0.4, -0.2) is 12.3 Å². The summed E-state index contributed by atoms with van der Waals surface area (Å²) in [5.41, 5.74) is 7.47. The second-order valence-corrected chi connectivity index (χ2v) is 4.10. The lowest BCUT2D eigenvalue weighted by atomic mass is 9.92. The predicted molar refractivity (Wildman–Crippen MR) is 67.8 cm³/mol. The van der Waals surface area contributed by atoms with Gasteiger partial charge in [-0.15, -0.1) is 0 Å². The van der Waals surface area contributed by atoms with E-state index in [1.54, 1.807) is 0 Å². The van der Waals surface area contributed by atoms with Crippen molar-refractivity contribution < 1.29 is 4.79 Å². The van der Waals surface area contributed by atoms with Crippen molar-refractivity contribution in [3.63, 3.8) is 0 Å². The summed E-state index contributed by atoms with van der Waals surface area (Å²) >= 11 is 0. The van der Waals surface area contributed by atoms with Crippen molar-refractivity contribution >= 4 is 5.78 Å². The molecule has 0 saturated heterocycles. The lowest BCUT2D eigenvalue weighted by Crippen LogP contribution is -2.08. The molecule has 0 bridgehead atoms. The zero-order valence-corrected chi connectivity index (χ0v) is 10.2. The van der Waals surface area contributed by atoms with E-state index < -0.39 is 0 Å². The normalized spacial score (nSPS) is 10.8. The third-order valence-electron chi connectivity index (χ3n) is 3.04. The summed E-state index contributed by atoms with van der Waals surface area (Å²) in [6.07, 6.45) is 2.67. The Labute approximate surface area is 97.9 Å². The first-order valence-corrected chi connectivity index (χ1v) is 6.06. The first-order valence-electron chi connectivity index (χ1n) is 6.06. The summed E-state index contributed by atoms with van der Waals surface area (Å²) in [6.45, 7) is 4.79. The van der Waals surface area contributed by atoms with Gasteiger partial charge < -0.3 is 5.73 Å². The highest BCUT2D eigenvalue weighted by molar-refractivity contribution is 5.96. The van der Waals surface area contributed by atoms with Crippen molar-refractivity contribution in [2.75, 3.05) is 6.54 Å². The third-order valence-corrected chi connectivity index (χ3v) is 3.04. The molecule has 0 heterocycles. The van der Waals surface area contributed by atoms with Gasteiger partial charge in [0.15, 0.2) is 5.78 Å². The van der Waals surface area contributed by atoms with Crippen molar-refractivity contribution in [2.45, 2.75) is 39.0 Å². The highest BCUT2D eigenvalue weighted by Crippen LogP contribution is 2.23. The molecular weight excluding hydrogens is 198 g/mol. The maximum absolute atomic E-state index is 11.7. The van der Waals surface area contributed by atoms with Crippen LogP contribution < -0.4 is 5.73 Å². The van der Waals surface area contributed by atoms with Gasteiger partial charge in [0.1, 0.15) is 0 Å². The Morgan fingerprint density at radius 2 is 2.00 bits per heavy atom. The summed E-state index contributed by atoms with van der Waals surface area (Å²) in [5.74, 6) is 0.709. The highest BCUT2D eigenvalue weighted by Gasteiger charge is 2.10. The Balaban J connectivity index is 2.89. The van der Waals surface area contributed by atoms with Gasteiger partial charge >= 0.3 is 0 Å². The molecule has 0 aromatic heterocycles. The maximum Gasteiger partial charge on any atom is 0.164 e.